The molecule has 37 heavy (non-hydrogen) atoms. The maximum atomic E-state index is 6.54. The molecular formula is C29H19Cl3N2O3. The van der Waals surface area contributed by atoms with Crippen LogP contribution in [0.4, 0.5) is 0 Å². The van der Waals surface area contributed by atoms with Crippen LogP contribution in [-0.2, 0) is 6.61 Å². The average Bonchev–Trinajstić information content (AvgIpc) is 3.52. The highest BCUT2D eigenvalue weighted by Crippen LogP contribution is 2.46. The number of hydrogen-bond acceptors (Lipinski definition) is 5. The molecule has 0 N–H and O–H groups in total. The predicted molar refractivity (Wildman–Crippen MR) is 144 cm³/mol. The summed E-state index contributed by atoms with van der Waals surface area (Å²) in [7, 11) is 0. The van der Waals surface area contributed by atoms with Gasteiger partial charge in [-0.2, -0.15) is 0 Å². The van der Waals surface area contributed by atoms with E-state index in [1.807, 2.05) is 37.3 Å². The molecule has 5 nitrogen and oxygen atoms in total. The minimum Gasteiger partial charge on any atom is -0.489 e. The first-order chi connectivity index (χ1) is 18.0. The van der Waals surface area contributed by atoms with Crippen LogP contribution in [0.2, 0.25) is 15.1 Å². The Kier molecular flexibility index (Phi) is 6.34. The first-order valence-corrected chi connectivity index (χ1v) is 12.8. The van der Waals surface area contributed by atoms with Crippen molar-refractivity contribution >= 4 is 45.9 Å². The first-order valence-electron chi connectivity index (χ1n) is 11.7. The Balaban J connectivity index is 1.23. The van der Waals surface area contributed by atoms with Gasteiger partial charge in [-0.1, -0.05) is 57.9 Å². The van der Waals surface area contributed by atoms with Gasteiger partial charge in [-0.25, -0.2) is 4.98 Å². The number of aryl methyl sites for hydroxylation is 1. The average molecular weight is 550 g/mol. The molecule has 3 aromatic carbocycles. The van der Waals surface area contributed by atoms with E-state index in [1.165, 1.54) is 0 Å². The number of fused-ring (bicyclic) bond motifs is 1. The third-order valence-corrected chi connectivity index (χ3v) is 7.07. The van der Waals surface area contributed by atoms with E-state index in [9.17, 15) is 0 Å². The molecule has 8 heteroatoms. The molecule has 0 saturated heterocycles. The van der Waals surface area contributed by atoms with Crippen molar-refractivity contribution in [3.05, 3.63) is 98.0 Å². The van der Waals surface area contributed by atoms with Crippen molar-refractivity contribution in [3.63, 3.8) is 0 Å². The molecule has 6 rings (SSSR count). The Bertz CT molecular complexity index is 1690. The molecule has 2 heterocycles. The molecule has 2 aromatic heterocycles. The van der Waals surface area contributed by atoms with Crippen molar-refractivity contribution in [1.82, 2.24) is 10.1 Å². The monoisotopic (exact) mass is 548 g/mol. The van der Waals surface area contributed by atoms with Crippen LogP contribution in [-0.4, -0.2) is 10.1 Å². The Morgan fingerprint density at radius 2 is 1.78 bits per heavy atom. The van der Waals surface area contributed by atoms with E-state index in [0.29, 0.717) is 49.4 Å². The molecule has 0 spiro atoms. The minimum atomic E-state index is 0.241. The van der Waals surface area contributed by atoms with Crippen molar-refractivity contribution in [2.75, 3.05) is 0 Å². The number of rotatable bonds is 5. The summed E-state index contributed by atoms with van der Waals surface area (Å²) in [5.41, 5.74) is 5.11. The van der Waals surface area contributed by atoms with E-state index in [0.717, 1.165) is 40.8 Å². The van der Waals surface area contributed by atoms with Crippen molar-refractivity contribution in [1.29, 1.82) is 0 Å². The van der Waals surface area contributed by atoms with Gasteiger partial charge >= 0.3 is 0 Å². The summed E-state index contributed by atoms with van der Waals surface area (Å²) in [6.07, 6.45) is 2.11. The Hall–Kier alpha value is -3.43. The van der Waals surface area contributed by atoms with Gasteiger partial charge in [-0.15, -0.1) is 0 Å². The molecule has 1 fully saturated rings. The van der Waals surface area contributed by atoms with Crippen LogP contribution in [0.15, 0.2) is 63.5 Å². The summed E-state index contributed by atoms with van der Waals surface area (Å²) < 4.78 is 17.4. The van der Waals surface area contributed by atoms with Crippen LogP contribution < -0.4 is 4.74 Å². The van der Waals surface area contributed by atoms with Gasteiger partial charge in [0.1, 0.15) is 29.3 Å². The molecule has 0 aliphatic heterocycles. The lowest BCUT2D eigenvalue weighted by Crippen LogP contribution is -2.00. The first kappa shape index (κ1) is 23.9. The standard InChI is InChI=1S/C29H19Cl3N2O3/c1-16-33-25-13-17(6-12-26(25)36-16)5-7-18-10-11-20(14-24(18)32)35-15-21-28(34-37-29(21)19-8-9-19)27-22(30)3-2-4-23(27)31/h2-4,6,10-14,19H,8-9,15H2,1H3. The van der Waals surface area contributed by atoms with E-state index in [-0.39, 0.29) is 6.61 Å². The molecule has 0 amide bonds. The van der Waals surface area contributed by atoms with E-state index in [4.69, 9.17) is 48.5 Å². The number of benzene rings is 3. The lowest BCUT2D eigenvalue weighted by Gasteiger charge is -2.10. The fourth-order valence-corrected chi connectivity index (χ4v) is 4.94. The van der Waals surface area contributed by atoms with Gasteiger partial charge < -0.3 is 13.7 Å². The second-order valence-electron chi connectivity index (χ2n) is 8.84. The zero-order valence-corrected chi connectivity index (χ0v) is 21.9. The van der Waals surface area contributed by atoms with Crippen LogP contribution in [0.3, 0.4) is 0 Å². The van der Waals surface area contributed by atoms with Crippen molar-refractivity contribution < 1.29 is 13.7 Å². The molecule has 0 radical (unpaired) electrons. The van der Waals surface area contributed by atoms with Gasteiger partial charge in [0.25, 0.3) is 0 Å². The van der Waals surface area contributed by atoms with Gasteiger partial charge in [0.05, 0.1) is 20.6 Å². The maximum absolute atomic E-state index is 6.54. The van der Waals surface area contributed by atoms with Gasteiger partial charge in [-0.3, -0.25) is 0 Å². The molecule has 1 saturated carbocycles. The minimum absolute atomic E-state index is 0.241. The molecule has 0 bridgehead atoms. The number of hydrogen-bond donors (Lipinski definition) is 0. The fourth-order valence-electron chi connectivity index (χ4n) is 4.15. The topological polar surface area (TPSA) is 61.3 Å². The molecule has 5 aromatic rings. The molecular weight excluding hydrogens is 531 g/mol. The van der Waals surface area contributed by atoms with Crippen molar-refractivity contribution in [3.8, 4) is 28.8 Å². The zero-order chi connectivity index (χ0) is 25.5. The molecule has 184 valence electrons. The third-order valence-electron chi connectivity index (χ3n) is 6.13. The number of oxazole rings is 1. The molecule has 0 unspecified atom stereocenters. The van der Waals surface area contributed by atoms with Crippen LogP contribution in [0.25, 0.3) is 22.4 Å². The van der Waals surface area contributed by atoms with E-state index in [1.54, 1.807) is 24.3 Å². The van der Waals surface area contributed by atoms with Crippen molar-refractivity contribution in [2.45, 2.75) is 32.3 Å². The van der Waals surface area contributed by atoms with Gasteiger partial charge in [-0.05, 0) is 55.3 Å². The van der Waals surface area contributed by atoms with E-state index < -0.39 is 0 Å². The summed E-state index contributed by atoms with van der Waals surface area (Å²) in [4.78, 5) is 4.35. The summed E-state index contributed by atoms with van der Waals surface area (Å²) in [5, 5.41) is 5.81. The lowest BCUT2D eigenvalue weighted by molar-refractivity contribution is 0.300. The van der Waals surface area contributed by atoms with Gasteiger partial charge in [0.2, 0.25) is 0 Å². The fraction of sp³-hybridized carbons (Fsp3) is 0.172. The highest BCUT2D eigenvalue weighted by Gasteiger charge is 2.33. The normalized spacial score (nSPS) is 13.0. The Morgan fingerprint density at radius 3 is 2.54 bits per heavy atom. The highest BCUT2D eigenvalue weighted by atomic mass is 35.5. The third kappa shape index (κ3) is 4.93. The van der Waals surface area contributed by atoms with E-state index in [2.05, 4.69) is 22.0 Å². The Morgan fingerprint density at radius 1 is 0.973 bits per heavy atom. The van der Waals surface area contributed by atoms with Crippen LogP contribution >= 0.6 is 34.8 Å². The lowest BCUT2D eigenvalue weighted by atomic mass is 10.0. The largest absolute Gasteiger partial charge is 0.489 e. The number of nitrogens with zero attached hydrogens (tertiary/aromatic N) is 2. The second-order valence-corrected chi connectivity index (χ2v) is 10.1. The van der Waals surface area contributed by atoms with Crippen molar-refractivity contribution in [2.24, 2.45) is 0 Å². The van der Waals surface area contributed by atoms with Crippen LogP contribution in [0, 0.1) is 18.8 Å². The Labute approximate surface area is 228 Å². The van der Waals surface area contributed by atoms with Crippen LogP contribution in [0.5, 0.6) is 5.75 Å². The highest BCUT2D eigenvalue weighted by molar-refractivity contribution is 6.39. The van der Waals surface area contributed by atoms with Gasteiger partial charge in [0.15, 0.2) is 11.5 Å². The van der Waals surface area contributed by atoms with Crippen LogP contribution in [0.1, 0.15) is 47.1 Å². The summed E-state index contributed by atoms with van der Waals surface area (Å²) in [5.74, 6) is 8.64. The molecule has 0 atom stereocenters. The summed E-state index contributed by atoms with van der Waals surface area (Å²) in [6.45, 7) is 2.06. The molecule has 1 aliphatic carbocycles. The summed E-state index contributed by atoms with van der Waals surface area (Å²) >= 11 is 19.4. The summed E-state index contributed by atoms with van der Waals surface area (Å²) in [6, 6.07) is 16.4. The SMILES string of the molecule is Cc1nc2cc(C#Cc3ccc(OCc4c(-c5c(Cl)cccc5Cl)noc4C4CC4)cc3Cl)ccc2o1. The second kappa shape index (κ2) is 9.79. The predicted octanol–water partition coefficient (Wildman–Crippen LogP) is 8.61. The zero-order valence-electron chi connectivity index (χ0n) is 19.6. The number of aromatic nitrogens is 2. The van der Waals surface area contributed by atoms with E-state index >= 15 is 0 Å². The molecule has 1 aliphatic rings. The smallest absolute Gasteiger partial charge is 0.192 e. The number of halogens is 3. The number of ether oxygens (including phenoxy) is 1. The quantitative estimate of drug-likeness (QED) is 0.205. The van der Waals surface area contributed by atoms with Gasteiger partial charge in [0, 0.05) is 35.6 Å². The maximum Gasteiger partial charge on any atom is 0.192 e.